The van der Waals surface area contributed by atoms with Crippen molar-refractivity contribution in [3.63, 3.8) is 0 Å². The van der Waals surface area contributed by atoms with Crippen molar-refractivity contribution in [2.24, 2.45) is 17.8 Å². The quantitative estimate of drug-likeness (QED) is 0.377. The van der Waals surface area contributed by atoms with Gasteiger partial charge in [-0.15, -0.1) is 6.58 Å². The van der Waals surface area contributed by atoms with E-state index in [1.54, 1.807) is 0 Å². The third-order valence-electron chi connectivity index (χ3n) is 5.74. The maximum atomic E-state index is 5.95. The van der Waals surface area contributed by atoms with Gasteiger partial charge >= 0.3 is 0 Å². The maximum Gasteiger partial charge on any atom is 0.0575 e. The van der Waals surface area contributed by atoms with Crippen molar-refractivity contribution < 1.29 is 4.74 Å². The first-order chi connectivity index (χ1) is 10.8. The van der Waals surface area contributed by atoms with Gasteiger partial charge in [0, 0.05) is 0 Å². The van der Waals surface area contributed by atoms with E-state index in [0.29, 0.717) is 6.10 Å². The number of unbranched alkanes of at least 4 members (excludes halogenated alkanes) is 1. The first kappa shape index (κ1) is 17.8. The van der Waals surface area contributed by atoms with E-state index >= 15 is 0 Å². The fraction of sp³-hybridized carbons (Fsp3) is 0.810. The minimum Gasteiger partial charge on any atom is -0.378 e. The lowest BCUT2D eigenvalue weighted by molar-refractivity contribution is 0.00984. The van der Waals surface area contributed by atoms with Crippen LogP contribution < -0.4 is 0 Å². The van der Waals surface area contributed by atoms with Crippen molar-refractivity contribution in [3.05, 3.63) is 24.8 Å². The van der Waals surface area contributed by atoms with Crippen LogP contribution in [0.1, 0.15) is 77.6 Å². The molecule has 0 unspecified atom stereocenters. The molecular weight excluding hydrogens is 268 g/mol. The van der Waals surface area contributed by atoms with Crippen molar-refractivity contribution >= 4 is 0 Å². The van der Waals surface area contributed by atoms with Crippen LogP contribution in [0.2, 0.25) is 0 Å². The molecule has 2 fully saturated rings. The predicted octanol–water partition coefficient (Wildman–Crippen LogP) is 6.30. The molecule has 0 amide bonds. The second-order valence-electron chi connectivity index (χ2n) is 7.38. The Morgan fingerprint density at radius 1 is 0.909 bits per heavy atom. The van der Waals surface area contributed by atoms with Crippen LogP contribution in [0, 0.1) is 17.8 Å². The highest BCUT2D eigenvalue weighted by Crippen LogP contribution is 2.40. The number of rotatable bonds is 8. The Hall–Kier alpha value is -0.560. The minimum atomic E-state index is 0.532. The van der Waals surface area contributed by atoms with Gasteiger partial charge in [0.25, 0.3) is 0 Å². The Kier molecular flexibility index (Phi) is 8.30. The Labute approximate surface area is 138 Å². The smallest absolute Gasteiger partial charge is 0.0575 e. The van der Waals surface area contributed by atoms with E-state index in [9.17, 15) is 0 Å². The third-order valence-corrected chi connectivity index (χ3v) is 5.74. The van der Waals surface area contributed by atoms with Crippen LogP contribution in [0.15, 0.2) is 24.8 Å². The average Bonchev–Trinajstić information content (AvgIpc) is 2.57. The van der Waals surface area contributed by atoms with Crippen molar-refractivity contribution in [2.75, 3.05) is 6.61 Å². The zero-order valence-corrected chi connectivity index (χ0v) is 14.6. The Morgan fingerprint density at radius 2 is 1.55 bits per heavy atom. The van der Waals surface area contributed by atoms with Gasteiger partial charge in [-0.05, 0) is 82.0 Å². The monoisotopic (exact) mass is 304 g/mol. The fourth-order valence-corrected chi connectivity index (χ4v) is 4.31. The normalized spacial score (nSPS) is 33.1. The molecule has 22 heavy (non-hydrogen) atoms. The molecule has 0 radical (unpaired) electrons. The van der Waals surface area contributed by atoms with Crippen molar-refractivity contribution in [2.45, 2.75) is 83.7 Å². The lowest BCUT2D eigenvalue weighted by Gasteiger charge is -2.37. The summed E-state index contributed by atoms with van der Waals surface area (Å²) in [5.41, 5.74) is 0. The SMILES string of the molecule is C=CCCOC1CCC(C2CCC(/C=C/CCC)CC2)CC1. The Bertz CT molecular complexity index is 317. The molecule has 0 atom stereocenters. The molecular formula is C21H36O. The highest BCUT2D eigenvalue weighted by Gasteiger charge is 2.30. The largest absolute Gasteiger partial charge is 0.378 e. The van der Waals surface area contributed by atoms with Gasteiger partial charge in [0.2, 0.25) is 0 Å². The van der Waals surface area contributed by atoms with E-state index in [-0.39, 0.29) is 0 Å². The van der Waals surface area contributed by atoms with Crippen molar-refractivity contribution in [1.29, 1.82) is 0 Å². The van der Waals surface area contributed by atoms with E-state index in [2.05, 4.69) is 25.7 Å². The summed E-state index contributed by atoms with van der Waals surface area (Å²) in [7, 11) is 0. The molecule has 0 aliphatic heterocycles. The zero-order valence-electron chi connectivity index (χ0n) is 14.6. The molecule has 0 saturated heterocycles. The second-order valence-corrected chi connectivity index (χ2v) is 7.38. The van der Waals surface area contributed by atoms with Gasteiger partial charge in [-0.2, -0.15) is 0 Å². The van der Waals surface area contributed by atoms with Gasteiger partial charge in [-0.3, -0.25) is 0 Å². The van der Waals surface area contributed by atoms with Gasteiger partial charge in [0.1, 0.15) is 0 Å². The molecule has 0 bridgehead atoms. The van der Waals surface area contributed by atoms with Crippen LogP contribution in [-0.2, 0) is 4.74 Å². The molecule has 2 aliphatic rings. The highest BCUT2D eigenvalue weighted by atomic mass is 16.5. The Morgan fingerprint density at radius 3 is 2.14 bits per heavy atom. The van der Waals surface area contributed by atoms with Crippen molar-refractivity contribution in [1.82, 2.24) is 0 Å². The summed E-state index contributed by atoms with van der Waals surface area (Å²) < 4.78 is 5.95. The van der Waals surface area contributed by atoms with Gasteiger partial charge < -0.3 is 4.74 Å². The molecule has 2 rings (SSSR count). The van der Waals surface area contributed by atoms with E-state index < -0.39 is 0 Å². The van der Waals surface area contributed by atoms with Gasteiger partial charge in [0.05, 0.1) is 12.7 Å². The van der Waals surface area contributed by atoms with Gasteiger partial charge in [-0.1, -0.05) is 31.6 Å². The zero-order chi connectivity index (χ0) is 15.6. The van der Waals surface area contributed by atoms with E-state index in [1.165, 1.54) is 64.2 Å². The number of allylic oxidation sites excluding steroid dienone is 2. The molecule has 0 aromatic carbocycles. The molecule has 0 aromatic heterocycles. The third kappa shape index (κ3) is 5.91. The average molecular weight is 305 g/mol. The topological polar surface area (TPSA) is 9.23 Å². The van der Waals surface area contributed by atoms with Crippen LogP contribution in [0.4, 0.5) is 0 Å². The molecule has 1 nitrogen and oxygen atoms in total. The summed E-state index contributed by atoms with van der Waals surface area (Å²) in [5.74, 6) is 2.87. The number of ether oxygens (including phenoxy) is 1. The standard InChI is InChI=1S/C21H36O/c1-3-5-7-8-18-9-11-19(12-10-18)20-13-15-21(16-14-20)22-17-6-4-2/h4,7-8,18-21H,2-3,5-6,9-17H2,1H3/b8-7+. The van der Waals surface area contributed by atoms with Crippen LogP contribution in [0.3, 0.4) is 0 Å². The molecule has 0 spiro atoms. The summed E-state index contributed by atoms with van der Waals surface area (Å²) in [5, 5.41) is 0. The van der Waals surface area contributed by atoms with E-state index in [1.807, 2.05) is 6.08 Å². The predicted molar refractivity (Wildman–Crippen MR) is 96.0 cm³/mol. The number of hydrogen-bond donors (Lipinski definition) is 0. The molecule has 2 aliphatic carbocycles. The molecule has 2 saturated carbocycles. The minimum absolute atomic E-state index is 0.532. The summed E-state index contributed by atoms with van der Waals surface area (Å²) in [6.07, 6.45) is 22.1. The molecule has 0 N–H and O–H groups in total. The molecule has 0 aromatic rings. The summed E-state index contributed by atoms with van der Waals surface area (Å²) in [4.78, 5) is 0. The van der Waals surface area contributed by atoms with Crippen LogP contribution in [0.5, 0.6) is 0 Å². The highest BCUT2D eigenvalue weighted by molar-refractivity contribution is 4.92. The molecule has 1 heteroatoms. The Balaban J connectivity index is 1.63. The van der Waals surface area contributed by atoms with Crippen LogP contribution in [-0.4, -0.2) is 12.7 Å². The van der Waals surface area contributed by atoms with Gasteiger partial charge in [-0.25, -0.2) is 0 Å². The van der Waals surface area contributed by atoms with E-state index in [4.69, 9.17) is 4.74 Å². The van der Waals surface area contributed by atoms with Gasteiger partial charge in [0.15, 0.2) is 0 Å². The lowest BCUT2D eigenvalue weighted by atomic mass is 9.70. The molecule has 126 valence electrons. The summed E-state index contributed by atoms with van der Waals surface area (Å²) in [6, 6.07) is 0. The van der Waals surface area contributed by atoms with Crippen molar-refractivity contribution in [3.8, 4) is 0 Å². The van der Waals surface area contributed by atoms with Crippen LogP contribution in [0.25, 0.3) is 0 Å². The first-order valence-corrected chi connectivity index (χ1v) is 9.72. The summed E-state index contributed by atoms with van der Waals surface area (Å²) in [6.45, 7) is 6.89. The van der Waals surface area contributed by atoms with E-state index in [0.717, 1.165) is 30.8 Å². The fourth-order valence-electron chi connectivity index (χ4n) is 4.31. The molecule has 0 heterocycles. The van der Waals surface area contributed by atoms with Crippen LogP contribution >= 0.6 is 0 Å². The lowest BCUT2D eigenvalue weighted by Crippen LogP contribution is -2.28. The maximum absolute atomic E-state index is 5.95. The summed E-state index contributed by atoms with van der Waals surface area (Å²) >= 11 is 0. The second kappa shape index (κ2) is 10.3. The first-order valence-electron chi connectivity index (χ1n) is 9.72. The number of hydrogen-bond acceptors (Lipinski definition) is 1.